The molecule has 0 atom stereocenters. The van der Waals surface area contributed by atoms with Gasteiger partial charge in [-0.2, -0.15) is 9.78 Å². The molecule has 0 amide bonds. The molecule has 140 valence electrons. The Hall–Kier alpha value is -3.25. The number of hydrogen-bond acceptors (Lipinski definition) is 5. The fraction of sp³-hybridized carbons (Fsp3) is 0.143. The number of fused-ring (bicyclic) bond motifs is 2. The van der Waals surface area contributed by atoms with Crippen LogP contribution in [-0.4, -0.2) is 27.5 Å². The molecular formula is C21H17ClN4O2. The zero-order valence-corrected chi connectivity index (χ0v) is 16.1. The van der Waals surface area contributed by atoms with Crippen LogP contribution < -0.4 is 10.3 Å². The fourth-order valence-electron chi connectivity index (χ4n) is 2.97. The average molecular weight is 393 g/mol. The molecule has 2 aromatic heterocycles. The van der Waals surface area contributed by atoms with E-state index in [0.717, 1.165) is 16.7 Å². The molecule has 0 aliphatic carbocycles. The minimum Gasteiger partial charge on any atom is -0.494 e. The molecule has 0 bridgehead atoms. The van der Waals surface area contributed by atoms with E-state index in [9.17, 15) is 4.79 Å². The molecular weight excluding hydrogens is 376 g/mol. The van der Waals surface area contributed by atoms with Crippen LogP contribution in [0.3, 0.4) is 0 Å². The predicted molar refractivity (Wildman–Crippen MR) is 112 cm³/mol. The number of aromatic nitrogens is 3. The number of aryl methyl sites for hydroxylation is 1. The summed E-state index contributed by atoms with van der Waals surface area (Å²) >= 11 is 6.36. The van der Waals surface area contributed by atoms with Gasteiger partial charge in [0, 0.05) is 11.5 Å². The summed E-state index contributed by atoms with van der Waals surface area (Å²) in [5, 5.41) is 6.13. The van der Waals surface area contributed by atoms with Crippen LogP contribution in [0.2, 0.25) is 5.02 Å². The Kier molecular flexibility index (Phi) is 4.79. The maximum absolute atomic E-state index is 12.7. The molecule has 2 heterocycles. The largest absolute Gasteiger partial charge is 0.494 e. The van der Waals surface area contributed by atoms with Gasteiger partial charge in [-0.05, 0) is 44.2 Å². The molecule has 0 radical (unpaired) electrons. The Morgan fingerprint density at radius 1 is 1.14 bits per heavy atom. The SMILES string of the molecule is CCOc1ccc2cc(Cl)c(C=Nn3c(C)nc4ccccc4c3=O)nc2c1. The number of benzene rings is 2. The molecule has 6 nitrogen and oxygen atoms in total. The molecule has 0 saturated carbocycles. The number of pyridine rings is 1. The molecule has 0 spiro atoms. The lowest BCUT2D eigenvalue weighted by molar-refractivity contribution is 0.340. The number of halogens is 1. The van der Waals surface area contributed by atoms with Crippen LogP contribution >= 0.6 is 11.6 Å². The summed E-state index contributed by atoms with van der Waals surface area (Å²) in [5.41, 5.74) is 1.59. The molecule has 2 aromatic carbocycles. The fourth-order valence-corrected chi connectivity index (χ4v) is 3.17. The van der Waals surface area contributed by atoms with Gasteiger partial charge in [0.2, 0.25) is 0 Å². The van der Waals surface area contributed by atoms with Gasteiger partial charge in [-0.15, -0.1) is 0 Å². The Labute approximate surface area is 166 Å². The van der Waals surface area contributed by atoms with Crippen molar-refractivity contribution in [2.75, 3.05) is 6.61 Å². The number of ether oxygens (including phenoxy) is 1. The molecule has 0 unspecified atom stereocenters. The van der Waals surface area contributed by atoms with Gasteiger partial charge in [0.05, 0.1) is 34.3 Å². The lowest BCUT2D eigenvalue weighted by Gasteiger charge is -2.07. The maximum atomic E-state index is 12.7. The highest BCUT2D eigenvalue weighted by Crippen LogP contribution is 2.24. The van der Waals surface area contributed by atoms with E-state index in [4.69, 9.17) is 16.3 Å². The van der Waals surface area contributed by atoms with Crippen LogP contribution in [0.4, 0.5) is 0 Å². The van der Waals surface area contributed by atoms with Gasteiger partial charge in [-0.25, -0.2) is 9.97 Å². The van der Waals surface area contributed by atoms with Crippen molar-refractivity contribution in [3.8, 4) is 5.75 Å². The first-order valence-corrected chi connectivity index (χ1v) is 9.20. The second-order valence-corrected chi connectivity index (χ2v) is 6.59. The van der Waals surface area contributed by atoms with E-state index in [1.165, 1.54) is 10.9 Å². The Morgan fingerprint density at radius 3 is 2.79 bits per heavy atom. The zero-order chi connectivity index (χ0) is 19.7. The van der Waals surface area contributed by atoms with Crippen molar-refractivity contribution in [3.05, 3.63) is 75.4 Å². The monoisotopic (exact) mass is 392 g/mol. The van der Waals surface area contributed by atoms with Crippen molar-refractivity contribution in [1.29, 1.82) is 0 Å². The summed E-state index contributed by atoms with van der Waals surface area (Å²) in [7, 11) is 0. The van der Waals surface area contributed by atoms with E-state index in [-0.39, 0.29) is 5.56 Å². The first kappa shape index (κ1) is 18.1. The molecule has 0 aliphatic rings. The molecule has 0 saturated heterocycles. The third kappa shape index (κ3) is 3.34. The van der Waals surface area contributed by atoms with Crippen LogP contribution in [0.5, 0.6) is 5.75 Å². The molecule has 4 aromatic rings. The van der Waals surface area contributed by atoms with Gasteiger partial charge >= 0.3 is 0 Å². The van der Waals surface area contributed by atoms with E-state index < -0.39 is 0 Å². The summed E-state index contributed by atoms with van der Waals surface area (Å²) in [6, 6.07) is 14.6. The number of nitrogens with zero attached hydrogens (tertiary/aromatic N) is 4. The van der Waals surface area contributed by atoms with Gasteiger partial charge in [0.15, 0.2) is 0 Å². The lowest BCUT2D eigenvalue weighted by Crippen LogP contribution is -2.20. The molecule has 7 heteroatoms. The first-order chi connectivity index (χ1) is 13.6. The van der Waals surface area contributed by atoms with E-state index in [1.807, 2.05) is 37.3 Å². The lowest BCUT2D eigenvalue weighted by atomic mass is 10.2. The van der Waals surface area contributed by atoms with Crippen LogP contribution in [0, 0.1) is 6.92 Å². The summed E-state index contributed by atoms with van der Waals surface area (Å²) in [5.74, 6) is 1.22. The van der Waals surface area contributed by atoms with Crippen LogP contribution in [-0.2, 0) is 0 Å². The summed E-state index contributed by atoms with van der Waals surface area (Å²) in [4.78, 5) is 21.7. The van der Waals surface area contributed by atoms with Crippen molar-refractivity contribution in [1.82, 2.24) is 14.6 Å². The Balaban J connectivity index is 1.79. The zero-order valence-electron chi connectivity index (χ0n) is 15.4. The third-order valence-electron chi connectivity index (χ3n) is 4.29. The topological polar surface area (TPSA) is 69.4 Å². The van der Waals surface area contributed by atoms with Crippen LogP contribution in [0.1, 0.15) is 18.4 Å². The summed E-state index contributed by atoms with van der Waals surface area (Å²) in [6.07, 6.45) is 1.47. The standard InChI is InChI=1S/C21H17ClN4O2/c1-3-28-15-9-8-14-10-17(22)20(25-19(14)11-15)12-23-26-13(2)24-18-7-5-4-6-16(18)21(26)27/h4-12H,3H2,1-2H3. The second-order valence-electron chi connectivity index (χ2n) is 6.18. The minimum absolute atomic E-state index is 0.241. The highest BCUT2D eigenvalue weighted by Gasteiger charge is 2.08. The van der Waals surface area contributed by atoms with E-state index in [2.05, 4.69) is 15.1 Å². The van der Waals surface area contributed by atoms with Crippen LogP contribution in [0.15, 0.2) is 58.4 Å². The number of hydrogen-bond donors (Lipinski definition) is 0. The number of rotatable bonds is 4. The minimum atomic E-state index is -0.241. The van der Waals surface area contributed by atoms with Gasteiger partial charge < -0.3 is 4.74 Å². The molecule has 4 rings (SSSR count). The van der Waals surface area contributed by atoms with Crippen molar-refractivity contribution in [3.63, 3.8) is 0 Å². The molecule has 0 N–H and O–H groups in total. The van der Waals surface area contributed by atoms with E-state index in [1.54, 1.807) is 25.1 Å². The van der Waals surface area contributed by atoms with E-state index >= 15 is 0 Å². The Morgan fingerprint density at radius 2 is 1.96 bits per heavy atom. The average Bonchev–Trinajstić information content (AvgIpc) is 2.68. The molecule has 28 heavy (non-hydrogen) atoms. The first-order valence-electron chi connectivity index (χ1n) is 8.82. The predicted octanol–water partition coefficient (Wildman–Crippen LogP) is 4.19. The smallest absolute Gasteiger partial charge is 0.282 e. The van der Waals surface area contributed by atoms with Crippen molar-refractivity contribution in [2.45, 2.75) is 13.8 Å². The quantitative estimate of drug-likeness (QED) is 0.488. The summed E-state index contributed by atoms with van der Waals surface area (Å²) in [6.45, 7) is 4.23. The van der Waals surface area contributed by atoms with Gasteiger partial charge in [-0.3, -0.25) is 4.79 Å². The molecule has 0 fully saturated rings. The van der Waals surface area contributed by atoms with Crippen molar-refractivity contribution in [2.24, 2.45) is 5.10 Å². The summed E-state index contributed by atoms with van der Waals surface area (Å²) < 4.78 is 6.78. The molecule has 0 aliphatic heterocycles. The second kappa shape index (κ2) is 7.40. The Bertz CT molecular complexity index is 1280. The number of para-hydroxylation sites is 1. The maximum Gasteiger partial charge on any atom is 0.282 e. The van der Waals surface area contributed by atoms with E-state index in [0.29, 0.717) is 34.1 Å². The highest BCUT2D eigenvalue weighted by molar-refractivity contribution is 6.33. The van der Waals surface area contributed by atoms with Gasteiger partial charge in [0.1, 0.15) is 17.3 Å². The van der Waals surface area contributed by atoms with Crippen LogP contribution in [0.25, 0.3) is 21.8 Å². The normalized spacial score (nSPS) is 11.5. The van der Waals surface area contributed by atoms with Crippen molar-refractivity contribution < 1.29 is 4.74 Å². The van der Waals surface area contributed by atoms with Crippen molar-refractivity contribution >= 4 is 39.6 Å². The third-order valence-corrected chi connectivity index (χ3v) is 4.59. The van der Waals surface area contributed by atoms with Gasteiger partial charge in [-0.1, -0.05) is 23.7 Å². The van der Waals surface area contributed by atoms with Gasteiger partial charge in [0.25, 0.3) is 5.56 Å². The highest BCUT2D eigenvalue weighted by atomic mass is 35.5.